The van der Waals surface area contributed by atoms with Crippen molar-refractivity contribution in [1.29, 1.82) is 0 Å². The fourth-order valence-corrected chi connectivity index (χ4v) is 1.52. The molecule has 0 atom stereocenters. The average molecular weight is 241 g/mol. The second-order valence-corrected chi connectivity index (χ2v) is 3.54. The van der Waals surface area contributed by atoms with Gasteiger partial charge >= 0.3 is 0 Å². The Balaban J connectivity index is 2.54. The van der Waals surface area contributed by atoms with Crippen LogP contribution in [-0.2, 0) is 0 Å². The first kappa shape index (κ1) is 10.1. The van der Waals surface area contributed by atoms with E-state index in [1.54, 1.807) is 24.4 Å². The molecular formula is C9H6Cl2N4. The maximum atomic E-state index is 5.75. The summed E-state index contributed by atoms with van der Waals surface area (Å²) in [4.78, 5) is 11.8. The summed E-state index contributed by atoms with van der Waals surface area (Å²) in [6, 6.07) is 4.96. The number of nitrogens with zero attached hydrogens (tertiary/aromatic N) is 3. The van der Waals surface area contributed by atoms with Crippen molar-refractivity contribution in [3.63, 3.8) is 0 Å². The number of hydrogen-bond acceptors (Lipinski definition) is 4. The Labute approximate surface area is 96.1 Å². The molecule has 0 aliphatic heterocycles. The summed E-state index contributed by atoms with van der Waals surface area (Å²) in [6.07, 6.45) is 1.59. The maximum absolute atomic E-state index is 5.75. The van der Waals surface area contributed by atoms with Crippen LogP contribution in [0.3, 0.4) is 0 Å². The van der Waals surface area contributed by atoms with Crippen LogP contribution in [0.5, 0.6) is 0 Å². The van der Waals surface area contributed by atoms with Gasteiger partial charge in [0.25, 0.3) is 0 Å². The van der Waals surface area contributed by atoms with Crippen LogP contribution in [-0.4, -0.2) is 15.0 Å². The zero-order valence-electron chi connectivity index (χ0n) is 7.48. The minimum atomic E-state index is 0.0849. The quantitative estimate of drug-likeness (QED) is 0.615. The second kappa shape index (κ2) is 4.00. The van der Waals surface area contributed by atoms with Crippen LogP contribution >= 0.6 is 23.2 Å². The molecule has 0 saturated heterocycles. The number of aromatic nitrogens is 3. The molecule has 15 heavy (non-hydrogen) atoms. The van der Waals surface area contributed by atoms with Crippen molar-refractivity contribution < 1.29 is 0 Å². The fourth-order valence-electron chi connectivity index (χ4n) is 1.11. The molecule has 2 heterocycles. The van der Waals surface area contributed by atoms with Gasteiger partial charge in [0.2, 0.25) is 5.28 Å². The predicted molar refractivity (Wildman–Crippen MR) is 59.7 cm³/mol. The minimum Gasteiger partial charge on any atom is -0.399 e. The van der Waals surface area contributed by atoms with E-state index in [1.165, 1.54) is 0 Å². The van der Waals surface area contributed by atoms with Gasteiger partial charge in [-0.25, -0.2) is 9.97 Å². The van der Waals surface area contributed by atoms with Gasteiger partial charge in [-0.2, -0.15) is 0 Å². The van der Waals surface area contributed by atoms with Gasteiger partial charge < -0.3 is 5.73 Å². The lowest BCUT2D eigenvalue weighted by atomic mass is 10.2. The molecule has 0 aliphatic carbocycles. The second-order valence-electron chi connectivity index (χ2n) is 2.82. The zero-order chi connectivity index (χ0) is 10.8. The standard InChI is InChI=1S/C9H6Cl2N4/c10-8-4-7(14-9(11)15-8)6-3-5(12)1-2-13-6/h1-4H,(H2,12,13). The zero-order valence-corrected chi connectivity index (χ0v) is 9.00. The molecule has 4 nitrogen and oxygen atoms in total. The van der Waals surface area contributed by atoms with Crippen LogP contribution in [0.15, 0.2) is 24.4 Å². The fraction of sp³-hybridized carbons (Fsp3) is 0. The molecule has 76 valence electrons. The van der Waals surface area contributed by atoms with E-state index in [-0.39, 0.29) is 10.4 Å². The van der Waals surface area contributed by atoms with Crippen molar-refractivity contribution in [1.82, 2.24) is 15.0 Å². The molecule has 2 aromatic rings. The van der Waals surface area contributed by atoms with Gasteiger partial charge in [0.1, 0.15) is 5.15 Å². The van der Waals surface area contributed by atoms with E-state index in [0.717, 1.165) is 0 Å². The predicted octanol–water partition coefficient (Wildman–Crippen LogP) is 2.43. The molecule has 2 rings (SSSR count). The van der Waals surface area contributed by atoms with Gasteiger partial charge in [0, 0.05) is 18.0 Å². The van der Waals surface area contributed by atoms with Crippen LogP contribution in [0.2, 0.25) is 10.4 Å². The van der Waals surface area contributed by atoms with Crippen LogP contribution < -0.4 is 5.73 Å². The normalized spacial score (nSPS) is 10.3. The topological polar surface area (TPSA) is 64.7 Å². The number of hydrogen-bond donors (Lipinski definition) is 1. The minimum absolute atomic E-state index is 0.0849. The van der Waals surface area contributed by atoms with Gasteiger partial charge in [0.05, 0.1) is 11.4 Å². The summed E-state index contributed by atoms with van der Waals surface area (Å²) in [6.45, 7) is 0. The van der Waals surface area contributed by atoms with E-state index < -0.39 is 0 Å². The first-order valence-electron chi connectivity index (χ1n) is 4.07. The van der Waals surface area contributed by atoms with E-state index in [0.29, 0.717) is 17.1 Å². The highest BCUT2D eigenvalue weighted by Crippen LogP contribution is 2.20. The summed E-state index contributed by atoms with van der Waals surface area (Å²) >= 11 is 11.4. The molecule has 0 saturated carbocycles. The van der Waals surface area contributed by atoms with E-state index in [9.17, 15) is 0 Å². The third-order valence-electron chi connectivity index (χ3n) is 1.71. The molecule has 0 amide bonds. The molecule has 2 aromatic heterocycles. The van der Waals surface area contributed by atoms with Crippen molar-refractivity contribution >= 4 is 28.9 Å². The smallest absolute Gasteiger partial charge is 0.224 e. The summed E-state index contributed by atoms with van der Waals surface area (Å²) in [5.41, 5.74) is 7.39. The Morgan fingerprint density at radius 2 is 1.87 bits per heavy atom. The Kier molecular flexibility index (Phi) is 2.70. The number of pyridine rings is 1. The number of nitrogen functional groups attached to an aromatic ring is 1. The molecular weight excluding hydrogens is 235 g/mol. The van der Waals surface area contributed by atoms with Crippen LogP contribution in [0.1, 0.15) is 0 Å². The highest BCUT2D eigenvalue weighted by atomic mass is 35.5. The van der Waals surface area contributed by atoms with E-state index in [2.05, 4.69) is 15.0 Å². The molecule has 0 radical (unpaired) electrons. The van der Waals surface area contributed by atoms with Gasteiger partial charge in [0.15, 0.2) is 0 Å². The van der Waals surface area contributed by atoms with Gasteiger partial charge in [-0.05, 0) is 23.7 Å². The van der Waals surface area contributed by atoms with Crippen LogP contribution in [0.25, 0.3) is 11.4 Å². The van der Waals surface area contributed by atoms with Crippen molar-refractivity contribution in [3.8, 4) is 11.4 Å². The number of anilines is 1. The molecule has 6 heteroatoms. The molecule has 0 unspecified atom stereocenters. The lowest BCUT2D eigenvalue weighted by Crippen LogP contribution is -1.92. The van der Waals surface area contributed by atoms with Gasteiger partial charge in [-0.3, -0.25) is 4.98 Å². The Morgan fingerprint density at radius 1 is 1.07 bits per heavy atom. The van der Waals surface area contributed by atoms with Crippen molar-refractivity contribution in [2.24, 2.45) is 0 Å². The van der Waals surface area contributed by atoms with Crippen LogP contribution in [0.4, 0.5) is 5.69 Å². The van der Waals surface area contributed by atoms with E-state index in [4.69, 9.17) is 28.9 Å². The summed E-state index contributed by atoms with van der Waals surface area (Å²) in [7, 11) is 0. The van der Waals surface area contributed by atoms with Gasteiger partial charge in [-0.1, -0.05) is 11.6 Å². The van der Waals surface area contributed by atoms with Crippen molar-refractivity contribution in [2.75, 3.05) is 5.73 Å². The highest BCUT2D eigenvalue weighted by Gasteiger charge is 2.05. The van der Waals surface area contributed by atoms with Crippen LogP contribution in [0, 0.1) is 0 Å². The monoisotopic (exact) mass is 240 g/mol. The van der Waals surface area contributed by atoms with E-state index in [1.807, 2.05) is 0 Å². The Hall–Kier alpha value is -1.39. The third kappa shape index (κ3) is 2.34. The Morgan fingerprint density at radius 3 is 2.53 bits per heavy atom. The highest BCUT2D eigenvalue weighted by molar-refractivity contribution is 6.32. The van der Waals surface area contributed by atoms with Crippen molar-refractivity contribution in [2.45, 2.75) is 0 Å². The molecule has 0 fully saturated rings. The first-order valence-corrected chi connectivity index (χ1v) is 4.83. The maximum Gasteiger partial charge on any atom is 0.224 e. The number of halogens is 2. The molecule has 0 spiro atoms. The van der Waals surface area contributed by atoms with Crippen molar-refractivity contribution in [3.05, 3.63) is 34.8 Å². The summed E-state index contributed by atoms with van der Waals surface area (Å²) < 4.78 is 0. The molecule has 0 aliphatic rings. The lowest BCUT2D eigenvalue weighted by Gasteiger charge is -2.01. The number of rotatable bonds is 1. The molecule has 0 bridgehead atoms. The number of nitrogens with two attached hydrogens (primary N) is 1. The lowest BCUT2D eigenvalue weighted by molar-refractivity contribution is 1.15. The Bertz CT molecular complexity index is 481. The summed E-state index contributed by atoms with van der Waals surface area (Å²) in [5, 5.41) is 0.357. The SMILES string of the molecule is Nc1ccnc(-c2cc(Cl)nc(Cl)n2)c1. The van der Waals surface area contributed by atoms with Gasteiger partial charge in [-0.15, -0.1) is 0 Å². The third-order valence-corrected chi connectivity index (χ3v) is 2.08. The first-order chi connectivity index (χ1) is 7.15. The largest absolute Gasteiger partial charge is 0.399 e. The summed E-state index contributed by atoms with van der Waals surface area (Å²) in [5.74, 6) is 0. The molecule has 0 aromatic carbocycles. The van der Waals surface area contributed by atoms with E-state index >= 15 is 0 Å². The average Bonchev–Trinajstić information content (AvgIpc) is 2.16. The molecule has 2 N–H and O–H groups in total.